The third-order valence-corrected chi connectivity index (χ3v) is 4.09. The van der Waals surface area contributed by atoms with Gasteiger partial charge in [0.2, 0.25) is 0 Å². The second-order valence-corrected chi connectivity index (χ2v) is 5.32. The molecule has 0 radical (unpaired) electrons. The Balaban J connectivity index is 1.95. The molecule has 1 heterocycles. The van der Waals surface area contributed by atoms with E-state index in [0.29, 0.717) is 5.46 Å². The van der Waals surface area contributed by atoms with Gasteiger partial charge in [-0.3, -0.25) is 0 Å². The predicted octanol–water partition coefficient (Wildman–Crippen LogP) is 1.12. The standard InChI is InChI=1S/C10H10BNO2S2/c13-11(14)9-3-1-8(2-4-9)7-16-10-12-5-6-15-10/h1-6,13-14H,7H2. The zero-order valence-electron chi connectivity index (χ0n) is 8.41. The Bertz CT molecular complexity index is 431. The molecule has 0 unspecified atom stereocenters. The first-order valence-corrected chi connectivity index (χ1v) is 6.59. The molecule has 3 nitrogen and oxygen atoms in total. The van der Waals surface area contributed by atoms with E-state index < -0.39 is 7.12 Å². The molecule has 16 heavy (non-hydrogen) atoms. The Morgan fingerprint density at radius 3 is 2.56 bits per heavy atom. The molecule has 6 heteroatoms. The second-order valence-electron chi connectivity index (χ2n) is 3.20. The monoisotopic (exact) mass is 251 g/mol. The highest BCUT2D eigenvalue weighted by Gasteiger charge is 2.09. The lowest BCUT2D eigenvalue weighted by Crippen LogP contribution is -2.29. The Kier molecular flexibility index (Phi) is 4.01. The summed E-state index contributed by atoms with van der Waals surface area (Å²) in [5.74, 6) is 0.843. The molecule has 0 amide bonds. The summed E-state index contributed by atoms with van der Waals surface area (Å²) < 4.78 is 1.05. The molecule has 0 aliphatic rings. The topological polar surface area (TPSA) is 53.4 Å². The average molecular weight is 251 g/mol. The molecule has 1 aromatic heterocycles. The SMILES string of the molecule is OB(O)c1ccc(CSc2nccs2)cc1. The molecular formula is C10H10BNO2S2. The Labute approximate surface area is 102 Å². The first kappa shape index (κ1) is 11.7. The summed E-state index contributed by atoms with van der Waals surface area (Å²) in [5, 5.41) is 19.8. The van der Waals surface area contributed by atoms with Gasteiger partial charge in [-0.2, -0.15) is 0 Å². The molecule has 1 aromatic carbocycles. The summed E-state index contributed by atoms with van der Waals surface area (Å²) in [7, 11) is -1.39. The summed E-state index contributed by atoms with van der Waals surface area (Å²) in [5.41, 5.74) is 1.66. The fourth-order valence-electron chi connectivity index (χ4n) is 1.21. The normalized spacial score (nSPS) is 10.4. The van der Waals surface area contributed by atoms with E-state index in [2.05, 4.69) is 4.98 Å². The summed E-state index contributed by atoms with van der Waals surface area (Å²) in [6.07, 6.45) is 1.79. The molecule has 2 N–H and O–H groups in total. The summed E-state index contributed by atoms with van der Waals surface area (Å²) in [6, 6.07) is 7.25. The number of hydrogen-bond donors (Lipinski definition) is 2. The highest BCUT2D eigenvalue weighted by molar-refractivity contribution is 8.00. The lowest BCUT2D eigenvalue weighted by Gasteiger charge is -2.02. The molecule has 0 fully saturated rings. The molecule has 0 spiro atoms. The van der Waals surface area contributed by atoms with E-state index in [-0.39, 0.29) is 0 Å². The van der Waals surface area contributed by atoms with Gasteiger partial charge in [0.15, 0.2) is 0 Å². The summed E-state index contributed by atoms with van der Waals surface area (Å²) in [4.78, 5) is 4.18. The van der Waals surface area contributed by atoms with Crippen LogP contribution in [-0.4, -0.2) is 22.2 Å². The van der Waals surface area contributed by atoms with Crippen LogP contribution in [0, 0.1) is 0 Å². The van der Waals surface area contributed by atoms with Crippen LogP contribution in [0.1, 0.15) is 5.56 Å². The van der Waals surface area contributed by atoms with Crippen molar-refractivity contribution in [2.75, 3.05) is 0 Å². The van der Waals surface area contributed by atoms with Gasteiger partial charge in [0, 0.05) is 17.3 Å². The van der Waals surface area contributed by atoms with Crippen molar-refractivity contribution in [3.63, 3.8) is 0 Å². The lowest BCUT2D eigenvalue weighted by atomic mass is 9.80. The van der Waals surface area contributed by atoms with E-state index in [9.17, 15) is 0 Å². The largest absolute Gasteiger partial charge is 0.488 e. The van der Waals surface area contributed by atoms with E-state index in [4.69, 9.17) is 10.0 Å². The number of aromatic nitrogens is 1. The minimum absolute atomic E-state index is 0.517. The Hall–Kier alpha value is -0.815. The van der Waals surface area contributed by atoms with Gasteiger partial charge in [-0.15, -0.1) is 11.3 Å². The van der Waals surface area contributed by atoms with E-state index in [1.165, 1.54) is 0 Å². The van der Waals surface area contributed by atoms with Crippen molar-refractivity contribution in [3.8, 4) is 0 Å². The lowest BCUT2D eigenvalue weighted by molar-refractivity contribution is 0.426. The van der Waals surface area contributed by atoms with Gasteiger partial charge in [0.05, 0.1) is 0 Å². The fourth-order valence-corrected chi connectivity index (χ4v) is 2.81. The van der Waals surface area contributed by atoms with E-state index >= 15 is 0 Å². The molecule has 0 saturated carbocycles. The highest BCUT2D eigenvalue weighted by Crippen LogP contribution is 2.23. The van der Waals surface area contributed by atoms with Gasteiger partial charge < -0.3 is 10.0 Å². The maximum Gasteiger partial charge on any atom is 0.488 e. The molecular weight excluding hydrogens is 241 g/mol. The minimum Gasteiger partial charge on any atom is -0.423 e. The molecule has 0 bridgehead atoms. The van der Waals surface area contributed by atoms with Crippen molar-refractivity contribution >= 4 is 35.7 Å². The minimum atomic E-state index is -1.39. The molecule has 0 atom stereocenters. The molecule has 2 rings (SSSR count). The number of thiazole rings is 1. The van der Waals surface area contributed by atoms with Crippen molar-refractivity contribution in [2.24, 2.45) is 0 Å². The van der Waals surface area contributed by atoms with E-state index in [1.54, 1.807) is 41.4 Å². The average Bonchev–Trinajstić information content (AvgIpc) is 2.80. The van der Waals surface area contributed by atoms with Crippen LogP contribution in [0.2, 0.25) is 0 Å². The van der Waals surface area contributed by atoms with Crippen LogP contribution >= 0.6 is 23.1 Å². The highest BCUT2D eigenvalue weighted by atomic mass is 32.2. The smallest absolute Gasteiger partial charge is 0.423 e. The molecule has 0 aliphatic carbocycles. The third kappa shape index (κ3) is 3.09. The molecule has 82 valence electrons. The Morgan fingerprint density at radius 2 is 2.00 bits per heavy atom. The van der Waals surface area contributed by atoms with Crippen LogP contribution in [0.4, 0.5) is 0 Å². The fraction of sp³-hybridized carbons (Fsp3) is 0.100. The zero-order chi connectivity index (χ0) is 11.4. The van der Waals surface area contributed by atoms with Gasteiger partial charge in [-0.05, 0) is 11.0 Å². The maximum atomic E-state index is 8.94. The second kappa shape index (κ2) is 5.49. The van der Waals surface area contributed by atoms with Crippen LogP contribution < -0.4 is 5.46 Å². The van der Waals surface area contributed by atoms with Gasteiger partial charge in [-0.1, -0.05) is 36.0 Å². The number of nitrogens with zero attached hydrogens (tertiary/aromatic N) is 1. The van der Waals surface area contributed by atoms with Crippen LogP contribution in [0.25, 0.3) is 0 Å². The van der Waals surface area contributed by atoms with Crippen LogP contribution in [0.3, 0.4) is 0 Å². The van der Waals surface area contributed by atoms with Crippen molar-refractivity contribution in [1.82, 2.24) is 4.98 Å². The van der Waals surface area contributed by atoms with Gasteiger partial charge in [0.1, 0.15) is 4.34 Å². The van der Waals surface area contributed by atoms with Crippen molar-refractivity contribution in [3.05, 3.63) is 41.4 Å². The molecule has 2 aromatic rings. The van der Waals surface area contributed by atoms with E-state index in [0.717, 1.165) is 15.7 Å². The Morgan fingerprint density at radius 1 is 1.25 bits per heavy atom. The van der Waals surface area contributed by atoms with Crippen molar-refractivity contribution in [2.45, 2.75) is 10.1 Å². The van der Waals surface area contributed by atoms with E-state index in [1.807, 2.05) is 17.5 Å². The quantitative estimate of drug-likeness (QED) is 0.631. The number of benzene rings is 1. The summed E-state index contributed by atoms with van der Waals surface area (Å²) in [6.45, 7) is 0. The summed E-state index contributed by atoms with van der Waals surface area (Å²) >= 11 is 3.30. The van der Waals surface area contributed by atoms with Crippen molar-refractivity contribution in [1.29, 1.82) is 0 Å². The first-order chi connectivity index (χ1) is 7.75. The maximum absolute atomic E-state index is 8.94. The molecule has 0 saturated heterocycles. The van der Waals surface area contributed by atoms with Gasteiger partial charge in [0.25, 0.3) is 0 Å². The number of thioether (sulfide) groups is 1. The number of hydrogen-bond acceptors (Lipinski definition) is 5. The van der Waals surface area contributed by atoms with Crippen LogP contribution in [0.15, 0.2) is 40.2 Å². The molecule has 0 aliphatic heterocycles. The first-order valence-electron chi connectivity index (χ1n) is 4.73. The number of rotatable bonds is 4. The van der Waals surface area contributed by atoms with Gasteiger partial charge in [-0.25, -0.2) is 4.98 Å². The van der Waals surface area contributed by atoms with Crippen LogP contribution in [-0.2, 0) is 5.75 Å². The van der Waals surface area contributed by atoms with Crippen molar-refractivity contribution < 1.29 is 10.0 Å². The van der Waals surface area contributed by atoms with Crippen LogP contribution in [0.5, 0.6) is 0 Å². The third-order valence-electron chi connectivity index (χ3n) is 2.05. The predicted molar refractivity (Wildman–Crippen MR) is 67.9 cm³/mol. The van der Waals surface area contributed by atoms with Gasteiger partial charge >= 0.3 is 7.12 Å². The zero-order valence-corrected chi connectivity index (χ0v) is 10.0.